The summed E-state index contributed by atoms with van der Waals surface area (Å²) in [4.78, 5) is 2.51. The predicted molar refractivity (Wildman–Crippen MR) is 88.4 cm³/mol. The van der Waals surface area contributed by atoms with E-state index < -0.39 is 0 Å². The van der Waals surface area contributed by atoms with Crippen LogP contribution in [0.4, 0.5) is 5.69 Å². The lowest BCUT2D eigenvalue weighted by atomic mass is 9.96. The predicted octanol–water partition coefficient (Wildman–Crippen LogP) is 3.59. The maximum Gasteiger partial charge on any atom is 0.0507 e. The number of methoxy groups -OCH3 is 1. The van der Waals surface area contributed by atoms with Crippen LogP contribution < -0.4 is 10.2 Å². The van der Waals surface area contributed by atoms with Crippen LogP contribution in [-0.2, 0) is 4.74 Å². The Kier molecular flexibility index (Phi) is 5.87. The van der Waals surface area contributed by atoms with Gasteiger partial charge in [0.2, 0.25) is 0 Å². The normalized spacial score (nSPS) is 21.0. The quantitative estimate of drug-likeness (QED) is 0.886. The van der Waals surface area contributed by atoms with Crippen LogP contribution in [0.1, 0.15) is 31.4 Å². The summed E-state index contributed by atoms with van der Waals surface area (Å²) in [5.74, 6) is 0.644. The van der Waals surface area contributed by atoms with Crippen molar-refractivity contribution in [3.05, 3.63) is 28.2 Å². The molecular formula is C16H25BrN2O. The molecule has 1 aromatic rings. The fourth-order valence-electron chi connectivity index (χ4n) is 2.97. The van der Waals surface area contributed by atoms with Crippen molar-refractivity contribution < 1.29 is 4.74 Å². The van der Waals surface area contributed by atoms with E-state index in [0.29, 0.717) is 12.0 Å². The van der Waals surface area contributed by atoms with Gasteiger partial charge >= 0.3 is 0 Å². The lowest BCUT2D eigenvalue weighted by Gasteiger charge is -2.36. The van der Waals surface area contributed by atoms with Gasteiger partial charge in [-0.1, -0.05) is 22.0 Å². The molecule has 2 rings (SSSR count). The Bertz CT molecular complexity index is 436. The fraction of sp³-hybridized carbons (Fsp3) is 0.625. The van der Waals surface area contributed by atoms with Crippen LogP contribution in [0.25, 0.3) is 0 Å². The van der Waals surface area contributed by atoms with E-state index in [-0.39, 0.29) is 0 Å². The molecule has 0 radical (unpaired) electrons. The second-order valence-electron chi connectivity index (χ2n) is 5.62. The van der Waals surface area contributed by atoms with Crippen LogP contribution >= 0.6 is 15.9 Å². The number of rotatable bonds is 5. The third-order valence-electron chi connectivity index (χ3n) is 4.15. The standard InChI is InChI=1S/C16H25BrN2O/c1-12(18-2)15-7-6-14(17)9-16(15)19-8-4-5-13(10-19)11-20-3/h6-7,9,12-13,18H,4-5,8,10-11H2,1-3H3. The van der Waals surface area contributed by atoms with Gasteiger partial charge in [0.1, 0.15) is 0 Å². The molecule has 1 saturated heterocycles. The van der Waals surface area contributed by atoms with E-state index in [1.807, 2.05) is 7.05 Å². The van der Waals surface area contributed by atoms with E-state index >= 15 is 0 Å². The summed E-state index contributed by atoms with van der Waals surface area (Å²) in [6.45, 7) is 5.30. The Hall–Kier alpha value is -0.580. The molecule has 1 aliphatic rings. The number of halogens is 1. The third kappa shape index (κ3) is 3.74. The molecule has 0 spiro atoms. The molecular weight excluding hydrogens is 316 g/mol. The summed E-state index contributed by atoms with van der Waals surface area (Å²) in [6.07, 6.45) is 2.52. The molecule has 0 aromatic heterocycles. The molecule has 112 valence electrons. The van der Waals surface area contributed by atoms with Gasteiger partial charge < -0.3 is 15.0 Å². The molecule has 0 saturated carbocycles. The number of piperidine rings is 1. The molecule has 1 fully saturated rings. The molecule has 0 amide bonds. The van der Waals surface area contributed by atoms with Gasteiger partial charge in [-0.2, -0.15) is 0 Å². The van der Waals surface area contributed by atoms with Gasteiger partial charge in [-0.05, 0) is 50.4 Å². The van der Waals surface area contributed by atoms with E-state index in [0.717, 1.165) is 24.2 Å². The number of hydrogen-bond donors (Lipinski definition) is 1. The minimum Gasteiger partial charge on any atom is -0.384 e. The van der Waals surface area contributed by atoms with Crippen LogP contribution in [0.15, 0.2) is 22.7 Å². The van der Waals surface area contributed by atoms with E-state index in [1.54, 1.807) is 7.11 Å². The van der Waals surface area contributed by atoms with E-state index in [2.05, 4.69) is 51.3 Å². The molecule has 2 unspecified atom stereocenters. The number of benzene rings is 1. The van der Waals surface area contributed by atoms with Gasteiger partial charge in [0.05, 0.1) is 6.61 Å². The molecule has 1 heterocycles. The second-order valence-corrected chi connectivity index (χ2v) is 6.54. The Morgan fingerprint density at radius 1 is 1.50 bits per heavy atom. The van der Waals surface area contributed by atoms with E-state index in [4.69, 9.17) is 4.74 Å². The Morgan fingerprint density at radius 2 is 2.30 bits per heavy atom. The zero-order chi connectivity index (χ0) is 14.5. The lowest BCUT2D eigenvalue weighted by Crippen LogP contribution is -2.38. The van der Waals surface area contributed by atoms with Gasteiger partial charge in [0, 0.05) is 36.4 Å². The van der Waals surface area contributed by atoms with Crippen molar-refractivity contribution >= 4 is 21.6 Å². The SMILES string of the molecule is CNC(C)c1ccc(Br)cc1N1CCCC(COC)C1. The minimum absolute atomic E-state index is 0.362. The van der Waals surface area contributed by atoms with Crippen molar-refractivity contribution in [2.75, 3.05) is 38.8 Å². The largest absolute Gasteiger partial charge is 0.384 e. The highest BCUT2D eigenvalue weighted by atomic mass is 79.9. The topological polar surface area (TPSA) is 24.5 Å². The molecule has 4 heteroatoms. The zero-order valence-electron chi connectivity index (χ0n) is 12.7. The summed E-state index contributed by atoms with van der Waals surface area (Å²) in [7, 11) is 3.81. The molecule has 3 nitrogen and oxygen atoms in total. The lowest BCUT2D eigenvalue weighted by molar-refractivity contribution is 0.143. The Morgan fingerprint density at radius 3 is 3.00 bits per heavy atom. The van der Waals surface area contributed by atoms with Crippen molar-refractivity contribution in [3.63, 3.8) is 0 Å². The van der Waals surface area contributed by atoms with Crippen LogP contribution in [0, 0.1) is 5.92 Å². The molecule has 1 N–H and O–H groups in total. The van der Waals surface area contributed by atoms with E-state index in [1.165, 1.54) is 24.1 Å². The first-order valence-electron chi connectivity index (χ1n) is 7.36. The molecule has 20 heavy (non-hydrogen) atoms. The summed E-state index contributed by atoms with van der Waals surface area (Å²) >= 11 is 3.61. The number of nitrogens with one attached hydrogen (secondary N) is 1. The van der Waals surface area contributed by atoms with Gasteiger partial charge in [-0.25, -0.2) is 0 Å². The zero-order valence-corrected chi connectivity index (χ0v) is 14.2. The van der Waals surface area contributed by atoms with E-state index in [9.17, 15) is 0 Å². The van der Waals surface area contributed by atoms with Crippen molar-refractivity contribution in [2.24, 2.45) is 5.92 Å². The number of anilines is 1. The summed E-state index contributed by atoms with van der Waals surface area (Å²) in [6, 6.07) is 6.96. The first kappa shape index (κ1) is 15.8. The van der Waals surface area contributed by atoms with Gasteiger partial charge in [0.25, 0.3) is 0 Å². The summed E-state index contributed by atoms with van der Waals surface area (Å²) in [5.41, 5.74) is 2.72. The fourth-order valence-corrected chi connectivity index (χ4v) is 3.32. The average Bonchev–Trinajstić information content (AvgIpc) is 2.47. The molecule has 0 aliphatic carbocycles. The Labute approximate surface area is 130 Å². The highest BCUT2D eigenvalue weighted by molar-refractivity contribution is 9.10. The van der Waals surface area contributed by atoms with Crippen LogP contribution in [-0.4, -0.2) is 33.9 Å². The van der Waals surface area contributed by atoms with Crippen LogP contribution in [0.5, 0.6) is 0 Å². The molecule has 0 bridgehead atoms. The van der Waals surface area contributed by atoms with Gasteiger partial charge in [0.15, 0.2) is 0 Å². The van der Waals surface area contributed by atoms with Crippen molar-refractivity contribution in [1.82, 2.24) is 5.32 Å². The maximum absolute atomic E-state index is 5.34. The number of hydrogen-bond acceptors (Lipinski definition) is 3. The van der Waals surface area contributed by atoms with Crippen molar-refractivity contribution in [2.45, 2.75) is 25.8 Å². The first-order chi connectivity index (χ1) is 9.65. The van der Waals surface area contributed by atoms with Gasteiger partial charge in [-0.3, -0.25) is 0 Å². The second kappa shape index (κ2) is 7.43. The highest BCUT2D eigenvalue weighted by Gasteiger charge is 2.23. The minimum atomic E-state index is 0.362. The highest BCUT2D eigenvalue weighted by Crippen LogP contribution is 2.32. The smallest absolute Gasteiger partial charge is 0.0507 e. The third-order valence-corrected chi connectivity index (χ3v) is 4.65. The van der Waals surface area contributed by atoms with Crippen molar-refractivity contribution in [1.29, 1.82) is 0 Å². The monoisotopic (exact) mass is 340 g/mol. The molecule has 1 aromatic carbocycles. The van der Waals surface area contributed by atoms with Crippen molar-refractivity contribution in [3.8, 4) is 0 Å². The molecule has 2 atom stereocenters. The van der Waals surface area contributed by atoms with Crippen LogP contribution in [0.2, 0.25) is 0 Å². The maximum atomic E-state index is 5.34. The number of nitrogens with zero attached hydrogens (tertiary/aromatic N) is 1. The van der Waals surface area contributed by atoms with Gasteiger partial charge in [-0.15, -0.1) is 0 Å². The first-order valence-corrected chi connectivity index (χ1v) is 8.15. The average molecular weight is 341 g/mol. The molecule has 1 aliphatic heterocycles. The van der Waals surface area contributed by atoms with Crippen LogP contribution in [0.3, 0.4) is 0 Å². The number of ether oxygens (including phenoxy) is 1. The summed E-state index contributed by atoms with van der Waals surface area (Å²) < 4.78 is 6.49. The summed E-state index contributed by atoms with van der Waals surface area (Å²) in [5, 5.41) is 3.35. The Balaban J connectivity index is 2.23.